The van der Waals surface area contributed by atoms with Crippen molar-refractivity contribution < 1.29 is 38.3 Å². The van der Waals surface area contributed by atoms with Crippen LogP contribution in [0.2, 0.25) is 0 Å². The fraction of sp³-hybridized carbons (Fsp3) is 0.154. The lowest BCUT2D eigenvalue weighted by molar-refractivity contribution is -0.384. The Morgan fingerprint density at radius 1 is 0.923 bits per heavy atom. The van der Waals surface area contributed by atoms with Crippen LogP contribution in [0.5, 0.6) is 23.0 Å². The number of methoxy groups -OCH3 is 3. The van der Waals surface area contributed by atoms with E-state index < -0.39 is 22.7 Å². The van der Waals surface area contributed by atoms with Crippen LogP contribution in [0, 0.1) is 10.1 Å². The lowest BCUT2D eigenvalue weighted by Crippen LogP contribution is -2.34. The van der Waals surface area contributed by atoms with Crippen molar-refractivity contribution in [3.63, 3.8) is 0 Å². The second-order valence-corrected chi connectivity index (χ2v) is 7.66. The van der Waals surface area contributed by atoms with Gasteiger partial charge in [-0.3, -0.25) is 19.7 Å². The van der Waals surface area contributed by atoms with Crippen molar-refractivity contribution in [2.75, 3.05) is 27.9 Å². The second-order valence-electron chi connectivity index (χ2n) is 7.66. The highest BCUT2D eigenvalue weighted by Crippen LogP contribution is 2.38. The number of nitro groups is 1. The molecule has 0 aromatic heterocycles. The molecule has 0 saturated carbocycles. The van der Waals surface area contributed by atoms with Gasteiger partial charge in [-0.15, -0.1) is 0 Å². The van der Waals surface area contributed by atoms with Crippen LogP contribution >= 0.6 is 0 Å². The van der Waals surface area contributed by atoms with Crippen molar-refractivity contribution in [2.45, 2.75) is 0 Å². The number of hydrazone groups is 1. The molecular formula is C26H24N4O9. The fourth-order valence-corrected chi connectivity index (χ4v) is 3.24. The van der Waals surface area contributed by atoms with Gasteiger partial charge in [-0.05, 0) is 42.0 Å². The molecule has 3 aromatic carbocycles. The van der Waals surface area contributed by atoms with Crippen LogP contribution in [0.15, 0.2) is 65.8 Å². The maximum absolute atomic E-state index is 12.5. The Morgan fingerprint density at radius 3 is 2.18 bits per heavy atom. The summed E-state index contributed by atoms with van der Waals surface area (Å²) in [7, 11) is 4.28. The summed E-state index contributed by atoms with van der Waals surface area (Å²) in [4.78, 5) is 47.1. The lowest BCUT2D eigenvalue weighted by atomic mass is 10.1. The summed E-state index contributed by atoms with van der Waals surface area (Å²) in [5.41, 5.74) is 2.98. The molecule has 3 rings (SSSR count). The summed E-state index contributed by atoms with van der Waals surface area (Å²) in [6.07, 6.45) is 1.32. The molecule has 13 nitrogen and oxygen atoms in total. The molecule has 0 radical (unpaired) electrons. The van der Waals surface area contributed by atoms with E-state index in [1.165, 1.54) is 76.1 Å². The molecule has 0 unspecified atom stereocenters. The Kier molecular flexibility index (Phi) is 9.51. The van der Waals surface area contributed by atoms with Crippen molar-refractivity contribution >= 4 is 29.7 Å². The van der Waals surface area contributed by atoms with E-state index in [0.717, 1.165) is 0 Å². The largest absolute Gasteiger partial charge is 0.493 e. The molecule has 0 aliphatic rings. The second kappa shape index (κ2) is 13.2. The lowest BCUT2D eigenvalue weighted by Gasteiger charge is -2.14. The molecule has 3 aromatic rings. The van der Waals surface area contributed by atoms with E-state index in [4.69, 9.17) is 18.9 Å². The fourth-order valence-electron chi connectivity index (χ4n) is 3.24. The molecule has 0 bridgehead atoms. The number of nitrogens with one attached hydrogen (secondary N) is 2. The number of hydrogen-bond donors (Lipinski definition) is 2. The summed E-state index contributed by atoms with van der Waals surface area (Å²) in [6.45, 7) is -0.361. The number of hydrogen-bond acceptors (Lipinski definition) is 10. The van der Waals surface area contributed by atoms with Gasteiger partial charge in [0.2, 0.25) is 5.75 Å². The first-order valence-electron chi connectivity index (χ1n) is 11.2. The van der Waals surface area contributed by atoms with Gasteiger partial charge < -0.3 is 24.3 Å². The van der Waals surface area contributed by atoms with Crippen LogP contribution in [0.25, 0.3) is 0 Å². The van der Waals surface area contributed by atoms with E-state index in [1.807, 2.05) is 0 Å². The van der Waals surface area contributed by atoms with Crippen LogP contribution in [-0.4, -0.2) is 56.8 Å². The first kappa shape index (κ1) is 28.1. The summed E-state index contributed by atoms with van der Waals surface area (Å²) < 4.78 is 21.0. The van der Waals surface area contributed by atoms with Crippen molar-refractivity contribution in [3.8, 4) is 23.0 Å². The molecular weight excluding hydrogens is 512 g/mol. The van der Waals surface area contributed by atoms with Crippen molar-refractivity contribution in [2.24, 2.45) is 5.10 Å². The number of rotatable bonds is 11. The predicted octanol–water partition coefficient (Wildman–Crippen LogP) is 2.72. The minimum absolute atomic E-state index is 0.139. The van der Waals surface area contributed by atoms with Gasteiger partial charge in [0.05, 0.1) is 44.6 Å². The normalized spacial score (nSPS) is 10.4. The van der Waals surface area contributed by atoms with Crippen LogP contribution in [0.3, 0.4) is 0 Å². The highest BCUT2D eigenvalue weighted by molar-refractivity contribution is 5.97. The van der Waals surface area contributed by atoms with Crippen LogP contribution < -0.4 is 29.7 Å². The maximum Gasteiger partial charge on any atom is 0.343 e. The van der Waals surface area contributed by atoms with Gasteiger partial charge in [-0.25, -0.2) is 10.2 Å². The third-order valence-corrected chi connectivity index (χ3v) is 5.12. The van der Waals surface area contributed by atoms with Gasteiger partial charge in [0.25, 0.3) is 17.5 Å². The number of benzene rings is 3. The number of ether oxygens (including phenoxy) is 4. The molecule has 2 amide bonds. The van der Waals surface area contributed by atoms with Crippen LogP contribution in [0.1, 0.15) is 26.3 Å². The number of amides is 2. The standard InChI is InChI=1S/C26H24N4O9/c1-36-21-12-18(13-22(37-2)24(21)38-3)25(32)27-15-23(31)29-28-14-16-5-4-6-20(11-16)39-26(33)17-7-9-19(10-8-17)30(34)35/h4-14H,15H2,1-3H3,(H,27,32)(H,29,31). The molecule has 39 heavy (non-hydrogen) atoms. The van der Waals surface area contributed by atoms with E-state index in [-0.39, 0.29) is 40.6 Å². The van der Waals surface area contributed by atoms with Crippen LogP contribution in [0.4, 0.5) is 5.69 Å². The number of carbonyl (C=O) groups is 3. The van der Waals surface area contributed by atoms with Crippen molar-refractivity contribution in [3.05, 3.63) is 87.5 Å². The number of nitro benzene ring substituents is 1. The average molecular weight is 536 g/mol. The molecule has 2 N–H and O–H groups in total. The number of nitrogens with zero attached hydrogens (tertiary/aromatic N) is 2. The minimum atomic E-state index is -0.699. The Balaban J connectivity index is 1.54. The molecule has 0 atom stereocenters. The Bertz CT molecular complexity index is 1380. The molecule has 0 heterocycles. The zero-order valence-corrected chi connectivity index (χ0v) is 21.1. The molecule has 0 fully saturated rings. The number of esters is 1. The zero-order chi connectivity index (χ0) is 28.4. The van der Waals surface area contributed by atoms with E-state index in [2.05, 4.69) is 15.8 Å². The van der Waals surface area contributed by atoms with Gasteiger partial charge in [-0.1, -0.05) is 12.1 Å². The quantitative estimate of drug-likeness (QED) is 0.123. The summed E-state index contributed by atoms with van der Waals surface area (Å²) in [6, 6.07) is 14.2. The topological polar surface area (TPSA) is 168 Å². The molecule has 0 aliphatic carbocycles. The van der Waals surface area contributed by atoms with E-state index >= 15 is 0 Å². The number of non-ortho nitro benzene ring substituents is 1. The Labute approximate surface area is 222 Å². The smallest absolute Gasteiger partial charge is 0.343 e. The highest BCUT2D eigenvalue weighted by Gasteiger charge is 2.17. The molecule has 0 aliphatic heterocycles. The van der Waals surface area contributed by atoms with Gasteiger partial charge >= 0.3 is 5.97 Å². The summed E-state index contributed by atoms with van der Waals surface area (Å²) in [5, 5.41) is 17.1. The monoisotopic (exact) mass is 536 g/mol. The van der Waals surface area contributed by atoms with Crippen molar-refractivity contribution in [1.29, 1.82) is 0 Å². The third kappa shape index (κ3) is 7.52. The van der Waals surface area contributed by atoms with Crippen LogP contribution in [-0.2, 0) is 4.79 Å². The van der Waals surface area contributed by atoms with Gasteiger partial charge in [0, 0.05) is 17.7 Å². The minimum Gasteiger partial charge on any atom is -0.493 e. The Morgan fingerprint density at radius 2 is 1.59 bits per heavy atom. The first-order chi connectivity index (χ1) is 18.7. The zero-order valence-electron chi connectivity index (χ0n) is 21.1. The van der Waals surface area contributed by atoms with Gasteiger partial charge in [0.1, 0.15) is 5.75 Å². The van der Waals surface area contributed by atoms with Gasteiger partial charge in [-0.2, -0.15) is 5.10 Å². The average Bonchev–Trinajstić information content (AvgIpc) is 2.95. The van der Waals surface area contributed by atoms with E-state index in [9.17, 15) is 24.5 Å². The first-order valence-corrected chi connectivity index (χ1v) is 11.2. The predicted molar refractivity (Wildman–Crippen MR) is 139 cm³/mol. The summed E-state index contributed by atoms with van der Waals surface area (Å²) >= 11 is 0. The number of carbonyl (C=O) groups excluding carboxylic acids is 3. The SMILES string of the molecule is COc1cc(C(=O)NCC(=O)NN=Cc2cccc(OC(=O)c3ccc([N+](=O)[O-])cc3)c2)cc(OC)c1OC. The highest BCUT2D eigenvalue weighted by atomic mass is 16.6. The third-order valence-electron chi connectivity index (χ3n) is 5.12. The molecule has 13 heteroatoms. The Hall–Kier alpha value is -5.46. The van der Waals surface area contributed by atoms with Crippen molar-refractivity contribution in [1.82, 2.24) is 10.7 Å². The molecule has 0 spiro atoms. The molecule has 202 valence electrons. The van der Waals surface area contributed by atoms with E-state index in [0.29, 0.717) is 11.3 Å². The summed E-state index contributed by atoms with van der Waals surface area (Å²) in [5.74, 6) is -0.729. The van der Waals surface area contributed by atoms with Gasteiger partial charge in [0.15, 0.2) is 11.5 Å². The maximum atomic E-state index is 12.5. The van der Waals surface area contributed by atoms with E-state index in [1.54, 1.807) is 12.1 Å². The molecule has 0 saturated heterocycles.